The van der Waals surface area contributed by atoms with Crippen LogP contribution >= 0.6 is 23.8 Å². The Bertz CT molecular complexity index is 803. The number of anilines is 1. The third-order valence-electron chi connectivity index (χ3n) is 3.54. The van der Waals surface area contributed by atoms with Crippen molar-refractivity contribution in [2.45, 2.75) is 24.9 Å². The monoisotopic (exact) mass is 423 g/mol. The van der Waals surface area contributed by atoms with Crippen molar-refractivity contribution in [3.63, 3.8) is 0 Å². The van der Waals surface area contributed by atoms with E-state index in [1.165, 1.54) is 10.9 Å². The normalized spacial score (nSPS) is 26.8. The zero-order valence-electron chi connectivity index (χ0n) is 12.4. The lowest BCUT2D eigenvalue weighted by Gasteiger charge is -2.18. The van der Waals surface area contributed by atoms with Gasteiger partial charge in [-0.2, -0.15) is 0 Å². The maximum Gasteiger partial charge on any atom is 0.472 e. The summed E-state index contributed by atoms with van der Waals surface area (Å²) >= 11 is 3.28. The minimum atomic E-state index is -4.11. The highest BCUT2D eigenvalue weighted by Gasteiger charge is 2.38. The molecular formula is C11H15BrN5O6P. The van der Waals surface area contributed by atoms with E-state index >= 15 is 0 Å². The number of fused-ring (bicyclic) bond motifs is 1. The van der Waals surface area contributed by atoms with Gasteiger partial charge in [-0.15, -0.1) is 0 Å². The third kappa shape index (κ3) is 3.31. The molecule has 0 bridgehead atoms. The van der Waals surface area contributed by atoms with Crippen molar-refractivity contribution in [3.05, 3.63) is 11.1 Å². The second kappa shape index (κ2) is 6.64. The number of ether oxygens (including phenoxy) is 1. The van der Waals surface area contributed by atoms with Gasteiger partial charge in [0.25, 0.3) is 0 Å². The topological polar surface area (TPSA) is 155 Å². The molecule has 0 radical (unpaired) electrons. The van der Waals surface area contributed by atoms with E-state index < -0.39 is 26.3 Å². The van der Waals surface area contributed by atoms with Crippen LogP contribution in [0.1, 0.15) is 12.6 Å². The average Bonchev–Trinajstić information content (AvgIpc) is 3.06. The molecule has 1 aliphatic rings. The SMILES string of the molecule is COP(=O)(O)OC[C@@H]1CC(O)[C@H](n2c(Br)nc3c(N)ncnc32)O1. The minimum absolute atomic E-state index is 0.195. The second-order valence-electron chi connectivity index (χ2n) is 5.08. The molecule has 2 aromatic rings. The molecule has 132 valence electrons. The van der Waals surface area contributed by atoms with Gasteiger partial charge in [0.1, 0.15) is 12.4 Å². The summed E-state index contributed by atoms with van der Waals surface area (Å²) in [6.45, 7) is -0.212. The van der Waals surface area contributed by atoms with Crippen molar-refractivity contribution in [2.24, 2.45) is 0 Å². The van der Waals surface area contributed by atoms with Crippen LogP contribution in [0.2, 0.25) is 0 Å². The molecule has 4 N–H and O–H groups in total. The number of nitrogens with zero attached hydrogens (tertiary/aromatic N) is 4. The Morgan fingerprint density at radius 1 is 1.58 bits per heavy atom. The quantitative estimate of drug-likeness (QED) is 0.459. The predicted octanol–water partition coefficient (Wildman–Crippen LogP) is 0.583. The molecular weight excluding hydrogens is 409 g/mol. The first kappa shape index (κ1) is 17.7. The first-order valence-corrected chi connectivity index (χ1v) is 9.11. The van der Waals surface area contributed by atoms with E-state index in [4.69, 9.17) is 15.0 Å². The molecule has 0 saturated carbocycles. The number of rotatable bonds is 5. The maximum atomic E-state index is 11.3. The number of nitrogen functional groups attached to an aromatic ring is 1. The maximum absolute atomic E-state index is 11.3. The molecule has 0 spiro atoms. The summed E-state index contributed by atoms with van der Waals surface area (Å²) in [7, 11) is -3.05. The molecule has 2 aromatic heterocycles. The van der Waals surface area contributed by atoms with Crippen molar-refractivity contribution in [3.8, 4) is 0 Å². The number of imidazole rings is 1. The zero-order chi connectivity index (χ0) is 17.5. The highest BCUT2D eigenvalue weighted by Crippen LogP contribution is 2.43. The summed E-state index contributed by atoms with van der Waals surface area (Å²) in [5.74, 6) is 0.202. The van der Waals surface area contributed by atoms with Crippen LogP contribution < -0.4 is 5.73 Å². The molecule has 4 atom stereocenters. The van der Waals surface area contributed by atoms with Gasteiger partial charge in [-0.1, -0.05) is 0 Å². The molecule has 1 fully saturated rings. The minimum Gasteiger partial charge on any atom is -0.388 e. The predicted molar refractivity (Wildman–Crippen MR) is 84.8 cm³/mol. The lowest BCUT2D eigenvalue weighted by molar-refractivity contribution is -0.0496. The number of aromatic nitrogens is 4. The van der Waals surface area contributed by atoms with Crippen molar-refractivity contribution < 1.29 is 28.3 Å². The van der Waals surface area contributed by atoms with Crippen LogP contribution in [0.5, 0.6) is 0 Å². The first-order valence-electron chi connectivity index (χ1n) is 6.83. The fourth-order valence-electron chi connectivity index (χ4n) is 2.42. The van der Waals surface area contributed by atoms with Crippen molar-refractivity contribution in [1.29, 1.82) is 0 Å². The van der Waals surface area contributed by atoms with Crippen LogP contribution in [-0.4, -0.2) is 55.4 Å². The molecule has 3 rings (SSSR count). The Kier molecular flexibility index (Phi) is 4.89. The Morgan fingerprint density at radius 2 is 2.33 bits per heavy atom. The van der Waals surface area contributed by atoms with Gasteiger partial charge in [-0.3, -0.25) is 13.6 Å². The molecule has 0 aliphatic carbocycles. The largest absolute Gasteiger partial charge is 0.472 e. The van der Waals surface area contributed by atoms with Gasteiger partial charge in [-0.25, -0.2) is 19.5 Å². The second-order valence-corrected chi connectivity index (χ2v) is 7.35. The van der Waals surface area contributed by atoms with Gasteiger partial charge in [0, 0.05) is 13.5 Å². The van der Waals surface area contributed by atoms with E-state index in [1.54, 1.807) is 0 Å². The van der Waals surface area contributed by atoms with E-state index in [0.717, 1.165) is 7.11 Å². The smallest absolute Gasteiger partial charge is 0.388 e. The van der Waals surface area contributed by atoms with E-state index in [2.05, 4.69) is 35.4 Å². The molecule has 1 saturated heterocycles. The molecule has 11 nitrogen and oxygen atoms in total. The van der Waals surface area contributed by atoms with Crippen LogP contribution in [0, 0.1) is 0 Å². The number of nitrogens with two attached hydrogens (primary N) is 1. The zero-order valence-corrected chi connectivity index (χ0v) is 14.9. The fraction of sp³-hybridized carbons (Fsp3) is 0.545. The van der Waals surface area contributed by atoms with E-state index in [1.807, 2.05) is 0 Å². The van der Waals surface area contributed by atoms with E-state index in [9.17, 15) is 14.6 Å². The average molecular weight is 424 g/mol. The number of phosphoric acid groups is 1. The number of aliphatic hydroxyl groups excluding tert-OH is 1. The van der Waals surface area contributed by atoms with Crippen molar-refractivity contribution >= 4 is 40.7 Å². The van der Waals surface area contributed by atoms with Crippen LogP contribution in [0.25, 0.3) is 11.2 Å². The van der Waals surface area contributed by atoms with Gasteiger partial charge in [0.2, 0.25) is 0 Å². The summed E-state index contributed by atoms with van der Waals surface area (Å²) in [6.07, 6.45) is -0.840. The number of hydrogen-bond acceptors (Lipinski definition) is 9. The summed E-state index contributed by atoms with van der Waals surface area (Å²) in [4.78, 5) is 21.5. The summed E-state index contributed by atoms with van der Waals surface area (Å²) in [5.41, 5.74) is 6.53. The van der Waals surface area contributed by atoms with Gasteiger partial charge >= 0.3 is 7.82 Å². The third-order valence-corrected chi connectivity index (χ3v) is 5.03. The lowest BCUT2D eigenvalue weighted by Crippen LogP contribution is -2.20. The standard InChI is InChI=1S/C11H15BrN5O6P/c1-21-24(19,20)22-3-5-2-6(18)10(23-5)17-9-7(16-11(17)12)8(13)14-4-15-9/h4-6,10,18H,2-3H2,1H3,(H,19,20)(H2,13,14,15)/t5-,6?,10+/m0/s1. The Hall–Kier alpha value is -1.14. The van der Waals surface area contributed by atoms with Crippen molar-refractivity contribution in [1.82, 2.24) is 19.5 Å². The van der Waals surface area contributed by atoms with Gasteiger partial charge in [0.15, 0.2) is 27.9 Å². The molecule has 2 unspecified atom stereocenters. The van der Waals surface area contributed by atoms with Gasteiger partial charge < -0.3 is 20.5 Å². The van der Waals surface area contributed by atoms with Gasteiger partial charge in [-0.05, 0) is 15.9 Å². The lowest BCUT2D eigenvalue weighted by atomic mass is 10.2. The number of aliphatic hydroxyl groups is 1. The fourth-order valence-corrected chi connectivity index (χ4v) is 3.43. The number of hydrogen-bond donors (Lipinski definition) is 3. The number of phosphoric ester groups is 1. The molecule has 0 aromatic carbocycles. The highest BCUT2D eigenvalue weighted by molar-refractivity contribution is 9.10. The molecule has 13 heteroatoms. The van der Waals surface area contributed by atoms with Crippen LogP contribution in [0.3, 0.4) is 0 Å². The Balaban J connectivity index is 1.82. The molecule has 3 heterocycles. The number of halogens is 1. The van der Waals surface area contributed by atoms with Gasteiger partial charge in [0.05, 0.1) is 12.7 Å². The Morgan fingerprint density at radius 3 is 3.04 bits per heavy atom. The van der Waals surface area contributed by atoms with Crippen LogP contribution in [0.15, 0.2) is 11.1 Å². The summed E-state index contributed by atoms with van der Waals surface area (Å²) in [6, 6.07) is 0. The highest BCUT2D eigenvalue weighted by atomic mass is 79.9. The van der Waals surface area contributed by atoms with Crippen LogP contribution in [-0.2, 0) is 18.3 Å². The first-order chi connectivity index (χ1) is 11.3. The molecule has 24 heavy (non-hydrogen) atoms. The summed E-state index contributed by atoms with van der Waals surface area (Å²) < 4.78 is 28.1. The van der Waals surface area contributed by atoms with Crippen LogP contribution in [0.4, 0.5) is 5.82 Å². The van der Waals surface area contributed by atoms with E-state index in [0.29, 0.717) is 15.9 Å². The Labute approximate surface area is 144 Å². The summed E-state index contributed by atoms with van der Waals surface area (Å²) in [5, 5.41) is 10.3. The molecule has 1 aliphatic heterocycles. The molecule has 0 amide bonds. The van der Waals surface area contributed by atoms with E-state index in [-0.39, 0.29) is 18.8 Å². The van der Waals surface area contributed by atoms with Crippen molar-refractivity contribution in [2.75, 3.05) is 19.5 Å².